The van der Waals surface area contributed by atoms with Crippen LogP contribution >= 0.6 is 24.0 Å². The van der Waals surface area contributed by atoms with Crippen molar-refractivity contribution in [1.29, 1.82) is 0 Å². The lowest BCUT2D eigenvalue weighted by Gasteiger charge is -2.37. The highest BCUT2D eigenvalue weighted by molar-refractivity contribution is 14.0. The second kappa shape index (κ2) is 12.6. The maximum Gasteiger partial charge on any atom is 0.191 e. The van der Waals surface area contributed by atoms with Gasteiger partial charge in [-0.25, -0.2) is 4.99 Å². The lowest BCUT2D eigenvalue weighted by molar-refractivity contribution is 0.00752. The average molecular weight is 493 g/mol. The van der Waals surface area contributed by atoms with E-state index >= 15 is 0 Å². The van der Waals surface area contributed by atoms with Gasteiger partial charge in [0.2, 0.25) is 0 Å². The van der Waals surface area contributed by atoms with Gasteiger partial charge in [0, 0.05) is 38.3 Å². The second-order valence-electron chi connectivity index (χ2n) is 7.41. The summed E-state index contributed by atoms with van der Waals surface area (Å²) in [6.45, 7) is 16.6. The number of aromatic nitrogens is 1. The van der Waals surface area contributed by atoms with Gasteiger partial charge in [-0.1, -0.05) is 32.9 Å². The van der Waals surface area contributed by atoms with E-state index in [4.69, 9.17) is 9.26 Å². The lowest BCUT2D eigenvalue weighted by Crippen LogP contribution is -2.52. The number of aliphatic imine (C=N–C) groups is 1. The third-order valence-electron chi connectivity index (χ3n) is 4.67. The van der Waals surface area contributed by atoms with Gasteiger partial charge in [-0.2, -0.15) is 0 Å². The quantitative estimate of drug-likeness (QED) is 0.330. The number of hydrogen-bond donors (Lipinski definition) is 2. The van der Waals surface area contributed by atoms with E-state index in [0.717, 1.165) is 56.8 Å². The summed E-state index contributed by atoms with van der Waals surface area (Å²) in [4.78, 5) is 7.16. The lowest BCUT2D eigenvalue weighted by atomic mass is 10.0. The van der Waals surface area contributed by atoms with Gasteiger partial charge >= 0.3 is 0 Å². The zero-order chi connectivity index (χ0) is 18.9. The molecule has 0 spiro atoms. The number of rotatable bonds is 8. The van der Waals surface area contributed by atoms with Gasteiger partial charge in [0.05, 0.1) is 18.9 Å². The zero-order valence-corrected chi connectivity index (χ0v) is 19.7. The number of morpholine rings is 1. The van der Waals surface area contributed by atoms with Crippen molar-refractivity contribution in [2.45, 2.75) is 53.1 Å². The molecular formula is C19H36IN5O2. The van der Waals surface area contributed by atoms with Gasteiger partial charge in [-0.15, -0.1) is 24.0 Å². The molecule has 1 fully saturated rings. The van der Waals surface area contributed by atoms with E-state index in [9.17, 15) is 0 Å². The third kappa shape index (κ3) is 7.95. The molecule has 0 radical (unpaired) electrons. The van der Waals surface area contributed by atoms with Crippen LogP contribution in [0.25, 0.3) is 0 Å². The fourth-order valence-corrected chi connectivity index (χ4v) is 3.07. The van der Waals surface area contributed by atoms with Crippen molar-refractivity contribution >= 4 is 29.9 Å². The monoisotopic (exact) mass is 493 g/mol. The minimum absolute atomic E-state index is 0. The highest BCUT2D eigenvalue weighted by Crippen LogP contribution is 2.15. The Balaban J connectivity index is 0.00000364. The minimum Gasteiger partial charge on any atom is -0.379 e. The molecule has 1 atom stereocenters. The van der Waals surface area contributed by atoms with Gasteiger partial charge in [-0.3, -0.25) is 4.90 Å². The van der Waals surface area contributed by atoms with E-state index in [1.54, 1.807) is 0 Å². The molecule has 2 heterocycles. The van der Waals surface area contributed by atoms with E-state index < -0.39 is 0 Å². The largest absolute Gasteiger partial charge is 0.379 e. The Morgan fingerprint density at radius 3 is 2.48 bits per heavy atom. The van der Waals surface area contributed by atoms with Crippen LogP contribution in [-0.4, -0.2) is 61.5 Å². The van der Waals surface area contributed by atoms with Crippen LogP contribution in [0.5, 0.6) is 0 Å². The SMILES string of the molecule is CCNC(=NCc1cc(C(C)C)no1)NCC(C(C)C)N1CCOCC1.I. The van der Waals surface area contributed by atoms with Crippen LogP contribution in [0.3, 0.4) is 0 Å². The average Bonchev–Trinajstić information content (AvgIpc) is 3.10. The maximum absolute atomic E-state index is 5.49. The predicted octanol–water partition coefficient (Wildman–Crippen LogP) is 2.83. The molecule has 1 unspecified atom stereocenters. The number of guanidine groups is 1. The predicted molar refractivity (Wildman–Crippen MR) is 120 cm³/mol. The summed E-state index contributed by atoms with van der Waals surface area (Å²) in [6, 6.07) is 2.45. The maximum atomic E-state index is 5.49. The molecule has 0 saturated carbocycles. The normalized spacial score (nSPS) is 17.1. The van der Waals surface area contributed by atoms with Gasteiger partial charge in [0.25, 0.3) is 0 Å². The van der Waals surface area contributed by atoms with Gasteiger partial charge in [0.1, 0.15) is 6.54 Å². The third-order valence-corrected chi connectivity index (χ3v) is 4.67. The van der Waals surface area contributed by atoms with Crippen molar-refractivity contribution < 1.29 is 9.26 Å². The summed E-state index contributed by atoms with van der Waals surface area (Å²) in [5, 5.41) is 10.9. The van der Waals surface area contributed by atoms with Crippen LogP contribution in [-0.2, 0) is 11.3 Å². The first-order valence-electron chi connectivity index (χ1n) is 9.80. The van der Waals surface area contributed by atoms with Crippen molar-refractivity contribution in [3.05, 3.63) is 17.5 Å². The Bertz CT molecular complexity index is 556. The van der Waals surface area contributed by atoms with Crippen molar-refractivity contribution in [2.75, 3.05) is 39.4 Å². The molecule has 0 aromatic carbocycles. The van der Waals surface area contributed by atoms with Crippen molar-refractivity contribution in [3.8, 4) is 0 Å². The van der Waals surface area contributed by atoms with E-state index in [-0.39, 0.29) is 24.0 Å². The Hall–Kier alpha value is -0.870. The molecule has 0 amide bonds. The minimum atomic E-state index is 0. The molecule has 1 saturated heterocycles. The van der Waals surface area contributed by atoms with Crippen LogP contribution in [0.2, 0.25) is 0 Å². The van der Waals surface area contributed by atoms with E-state index in [1.165, 1.54) is 0 Å². The van der Waals surface area contributed by atoms with Crippen LogP contribution in [0, 0.1) is 5.92 Å². The summed E-state index contributed by atoms with van der Waals surface area (Å²) in [7, 11) is 0. The summed E-state index contributed by atoms with van der Waals surface area (Å²) in [6.07, 6.45) is 0. The summed E-state index contributed by atoms with van der Waals surface area (Å²) in [5.74, 6) is 2.53. The molecule has 2 N–H and O–H groups in total. The molecule has 156 valence electrons. The van der Waals surface area contributed by atoms with Gasteiger partial charge < -0.3 is 19.9 Å². The Morgan fingerprint density at radius 2 is 1.93 bits per heavy atom. The first-order chi connectivity index (χ1) is 12.5. The molecule has 7 nitrogen and oxygen atoms in total. The molecule has 8 heteroatoms. The summed E-state index contributed by atoms with van der Waals surface area (Å²) in [5.41, 5.74) is 0.973. The highest BCUT2D eigenvalue weighted by atomic mass is 127. The highest BCUT2D eigenvalue weighted by Gasteiger charge is 2.23. The molecule has 0 aliphatic carbocycles. The van der Waals surface area contributed by atoms with Crippen LogP contribution in [0.1, 0.15) is 52.0 Å². The van der Waals surface area contributed by atoms with Crippen LogP contribution in [0.15, 0.2) is 15.6 Å². The first-order valence-corrected chi connectivity index (χ1v) is 9.80. The standard InChI is InChI=1S/C19H35N5O2.HI/c1-6-20-19(21-12-16-11-17(14(2)3)23-26-16)22-13-18(15(4)5)24-7-9-25-10-8-24;/h11,14-15,18H,6-10,12-13H2,1-5H3,(H2,20,21,22);1H. The molecule has 2 rings (SSSR count). The fraction of sp³-hybridized carbons (Fsp3) is 0.789. The number of halogens is 1. The van der Waals surface area contributed by atoms with Crippen molar-refractivity contribution in [1.82, 2.24) is 20.7 Å². The Labute approximate surface area is 180 Å². The zero-order valence-electron chi connectivity index (χ0n) is 17.3. The van der Waals surface area contributed by atoms with E-state index in [2.05, 4.69) is 60.3 Å². The van der Waals surface area contributed by atoms with Crippen LogP contribution in [0.4, 0.5) is 0 Å². The van der Waals surface area contributed by atoms with E-state index in [0.29, 0.717) is 24.4 Å². The van der Waals surface area contributed by atoms with Gasteiger partial charge in [0.15, 0.2) is 11.7 Å². The van der Waals surface area contributed by atoms with E-state index in [1.807, 2.05) is 6.07 Å². The van der Waals surface area contributed by atoms with Crippen LogP contribution < -0.4 is 10.6 Å². The summed E-state index contributed by atoms with van der Waals surface area (Å²) >= 11 is 0. The second-order valence-corrected chi connectivity index (χ2v) is 7.41. The molecular weight excluding hydrogens is 457 g/mol. The molecule has 0 bridgehead atoms. The smallest absolute Gasteiger partial charge is 0.191 e. The molecule has 27 heavy (non-hydrogen) atoms. The molecule has 1 aliphatic heterocycles. The van der Waals surface area contributed by atoms with Crippen molar-refractivity contribution in [2.24, 2.45) is 10.9 Å². The first kappa shape index (κ1) is 24.2. The topological polar surface area (TPSA) is 74.9 Å². The van der Waals surface area contributed by atoms with Crippen molar-refractivity contribution in [3.63, 3.8) is 0 Å². The number of nitrogens with one attached hydrogen (secondary N) is 2. The number of ether oxygens (including phenoxy) is 1. The fourth-order valence-electron chi connectivity index (χ4n) is 3.07. The number of nitrogens with zero attached hydrogens (tertiary/aromatic N) is 3. The Morgan fingerprint density at radius 1 is 1.22 bits per heavy atom. The molecule has 1 aliphatic rings. The number of hydrogen-bond acceptors (Lipinski definition) is 5. The molecule has 1 aromatic rings. The molecule has 1 aromatic heterocycles. The summed E-state index contributed by atoms with van der Waals surface area (Å²) < 4.78 is 10.9. The van der Waals surface area contributed by atoms with Gasteiger partial charge in [-0.05, 0) is 18.8 Å². The Kier molecular flexibility index (Phi) is 11.2.